The molecule has 0 aliphatic rings. The fourth-order valence-electron chi connectivity index (χ4n) is 2.70. The lowest BCUT2D eigenvalue weighted by Gasteiger charge is -2.07. The molecule has 0 aliphatic heterocycles. The van der Waals surface area contributed by atoms with Crippen LogP contribution in [0.25, 0.3) is 16.3 Å². The zero-order valence-electron chi connectivity index (χ0n) is 14.5. The minimum Gasteiger partial charge on any atom is -0.347 e. The van der Waals surface area contributed by atoms with E-state index in [9.17, 15) is 13.6 Å². The van der Waals surface area contributed by atoms with E-state index >= 15 is 0 Å². The van der Waals surface area contributed by atoms with Crippen LogP contribution in [0.2, 0.25) is 0 Å². The number of hydrogen-bond acceptors (Lipinski definition) is 4. The maximum atomic E-state index is 14.3. The minimum absolute atomic E-state index is 0.0676. The summed E-state index contributed by atoms with van der Waals surface area (Å²) in [6, 6.07) is 12.1. The van der Waals surface area contributed by atoms with Crippen molar-refractivity contribution in [2.45, 2.75) is 6.54 Å². The van der Waals surface area contributed by atoms with Gasteiger partial charge < -0.3 is 5.32 Å². The van der Waals surface area contributed by atoms with Crippen molar-refractivity contribution in [3.63, 3.8) is 0 Å². The average molecular weight is 396 g/mol. The Morgan fingerprint density at radius 1 is 1.11 bits per heavy atom. The van der Waals surface area contributed by atoms with E-state index in [1.165, 1.54) is 22.1 Å². The summed E-state index contributed by atoms with van der Waals surface area (Å²) in [6.07, 6.45) is 3.28. The molecule has 0 aliphatic carbocycles. The Labute approximate surface area is 163 Å². The Hall–Kier alpha value is -3.39. The van der Waals surface area contributed by atoms with Crippen LogP contribution in [0.3, 0.4) is 0 Å². The van der Waals surface area contributed by atoms with Crippen molar-refractivity contribution in [1.29, 1.82) is 0 Å². The van der Waals surface area contributed by atoms with Crippen LogP contribution in [-0.2, 0) is 6.54 Å². The van der Waals surface area contributed by atoms with E-state index in [1.807, 2.05) is 17.5 Å². The summed E-state index contributed by atoms with van der Waals surface area (Å²) in [5.41, 5.74) is 1.65. The highest BCUT2D eigenvalue weighted by atomic mass is 32.1. The molecule has 0 unspecified atom stereocenters. The van der Waals surface area contributed by atoms with Gasteiger partial charge in [-0.2, -0.15) is 5.10 Å². The Morgan fingerprint density at radius 2 is 1.93 bits per heavy atom. The second-order valence-corrected chi connectivity index (χ2v) is 6.89. The number of carbonyl (C=O) groups excluding carboxylic acids is 1. The Bertz CT molecular complexity index is 1110. The SMILES string of the molecule is O=C(NCc1ccncc1)c1cc(-c2cccs2)n(-c2ccc(F)cc2F)n1. The molecular weight excluding hydrogens is 382 g/mol. The molecule has 5 nitrogen and oxygen atoms in total. The van der Waals surface area contributed by atoms with E-state index in [-0.39, 0.29) is 11.4 Å². The maximum Gasteiger partial charge on any atom is 0.272 e. The van der Waals surface area contributed by atoms with E-state index < -0.39 is 17.5 Å². The molecule has 3 aromatic heterocycles. The van der Waals surface area contributed by atoms with Crippen LogP contribution < -0.4 is 5.32 Å². The smallest absolute Gasteiger partial charge is 0.272 e. The van der Waals surface area contributed by atoms with Gasteiger partial charge in [0.2, 0.25) is 0 Å². The first-order valence-corrected chi connectivity index (χ1v) is 9.26. The van der Waals surface area contributed by atoms with Gasteiger partial charge in [0.15, 0.2) is 11.5 Å². The fourth-order valence-corrected chi connectivity index (χ4v) is 3.43. The standard InChI is InChI=1S/C20H14F2N4OS/c21-14-3-4-17(15(22)10-14)26-18(19-2-1-9-28-19)11-16(25-26)20(27)24-12-13-5-7-23-8-6-13/h1-11H,12H2,(H,24,27). The summed E-state index contributed by atoms with van der Waals surface area (Å²) in [5.74, 6) is -1.83. The van der Waals surface area contributed by atoms with Crippen LogP contribution in [-0.4, -0.2) is 20.7 Å². The third-order valence-corrected chi connectivity index (χ3v) is 4.95. The monoisotopic (exact) mass is 396 g/mol. The van der Waals surface area contributed by atoms with Crippen molar-refractivity contribution >= 4 is 17.2 Å². The summed E-state index contributed by atoms with van der Waals surface area (Å²) < 4.78 is 29.0. The normalized spacial score (nSPS) is 10.8. The largest absolute Gasteiger partial charge is 0.347 e. The quantitative estimate of drug-likeness (QED) is 0.550. The third kappa shape index (κ3) is 3.67. The highest BCUT2D eigenvalue weighted by molar-refractivity contribution is 7.13. The number of pyridine rings is 1. The molecule has 0 atom stereocenters. The highest BCUT2D eigenvalue weighted by Gasteiger charge is 2.19. The topological polar surface area (TPSA) is 59.8 Å². The summed E-state index contributed by atoms with van der Waals surface area (Å²) in [4.78, 5) is 17.3. The van der Waals surface area contributed by atoms with Gasteiger partial charge in [0.05, 0.1) is 10.6 Å². The first-order chi connectivity index (χ1) is 13.6. The van der Waals surface area contributed by atoms with E-state index in [0.29, 0.717) is 12.2 Å². The van der Waals surface area contributed by atoms with Crippen molar-refractivity contribution in [1.82, 2.24) is 20.1 Å². The second-order valence-electron chi connectivity index (χ2n) is 5.94. The molecule has 0 saturated carbocycles. The molecule has 1 N–H and O–H groups in total. The Kier molecular flexibility index (Phi) is 4.94. The number of thiophene rings is 1. The molecule has 0 spiro atoms. The van der Waals surface area contributed by atoms with Crippen molar-refractivity contribution in [3.8, 4) is 16.3 Å². The molecule has 140 valence electrons. The zero-order chi connectivity index (χ0) is 19.5. The molecule has 3 heterocycles. The lowest BCUT2D eigenvalue weighted by Crippen LogP contribution is -2.23. The van der Waals surface area contributed by atoms with Crippen LogP contribution in [0.15, 0.2) is 66.3 Å². The Morgan fingerprint density at radius 3 is 2.64 bits per heavy atom. The first kappa shape index (κ1) is 18.0. The molecule has 28 heavy (non-hydrogen) atoms. The van der Waals surface area contributed by atoms with Crippen LogP contribution >= 0.6 is 11.3 Å². The van der Waals surface area contributed by atoms with Crippen LogP contribution in [0, 0.1) is 11.6 Å². The molecule has 0 radical (unpaired) electrons. The molecule has 4 rings (SSSR count). The van der Waals surface area contributed by atoms with Gasteiger partial charge in [-0.1, -0.05) is 6.07 Å². The van der Waals surface area contributed by atoms with Gasteiger partial charge in [-0.05, 0) is 47.3 Å². The van der Waals surface area contributed by atoms with Crippen LogP contribution in [0.1, 0.15) is 16.1 Å². The van der Waals surface area contributed by atoms with Crippen molar-refractivity contribution in [2.24, 2.45) is 0 Å². The molecule has 1 aromatic carbocycles. The lowest BCUT2D eigenvalue weighted by atomic mass is 10.2. The number of hydrogen-bond donors (Lipinski definition) is 1. The number of rotatable bonds is 5. The average Bonchev–Trinajstić information content (AvgIpc) is 3.36. The third-order valence-electron chi connectivity index (χ3n) is 4.06. The molecular formula is C20H14F2N4OS. The lowest BCUT2D eigenvalue weighted by molar-refractivity contribution is 0.0945. The van der Waals surface area contributed by atoms with Crippen LogP contribution in [0.4, 0.5) is 8.78 Å². The molecule has 0 bridgehead atoms. The summed E-state index contributed by atoms with van der Waals surface area (Å²) >= 11 is 1.43. The fraction of sp³-hybridized carbons (Fsp3) is 0.0500. The highest BCUT2D eigenvalue weighted by Crippen LogP contribution is 2.29. The summed E-state index contributed by atoms with van der Waals surface area (Å²) in [5, 5.41) is 8.93. The van der Waals surface area contributed by atoms with Crippen molar-refractivity contribution in [2.75, 3.05) is 0 Å². The molecule has 4 aromatic rings. The predicted molar refractivity (Wildman–Crippen MR) is 102 cm³/mol. The molecule has 0 saturated heterocycles. The van der Waals surface area contributed by atoms with E-state index in [2.05, 4.69) is 15.4 Å². The van der Waals surface area contributed by atoms with Gasteiger partial charge in [-0.15, -0.1) is 11.3 Å². The number of amides is 1. The minimum atomic E-state index is -0.760. The predicted octanol–water partition coefficient (Wildman–Crippen LogP) is 4.20. The van der Waals surface area contributed by atoms with Gasteiger partial charge in [0, 0.05) is 25.0 Å². The second kappa shape index (κ2) is 7.69. The number of nitrogens with zero attached hydrogens (tertiary/aromatic N) is 3. The Balaban J connectivity index is 1.68. The van der Waals surface area contributed by atoms with Crippen molar-refractivity contribution in [3.05, 3.63) is 89.2 Å². The zero-order valence-corrected chi connectivity index (χ0v) is 15.3. The summed E-state index contributed by atoms with van der Waals surface area (Å²) in [6.45, 7) is 0.313. The molecule has 1 amide bonds. The van der Waals surface area contributed by atoms with Gasteiger partial charge in [-0.25, -0.2) is 13.5 Å². The van der Waals surface area contributed by atoms with E-state index in [4.69, 9.17) is 0 Å². The van der Waals surface area contributed by atoms with Gasteiger partial charge in [0.25, 0.3) is 5.91 Å². The van der Waals surface area contributed by atoms with E-state index in [1.54, 1.807) is 30.6 Å². The van der Waals surface area contributed by atoms with Gasteiger partial charge in [0.1, 0.15) is 11.5 Å². The number of nitrogens with one attached hydrogen (secondary N) is 1. The molecule has 0 fully saturated rings. The number of carbonyl (C=O) groups is 1. The molecule has 8 heteroatoms. The summed E-state index contributed by atoms with van der Waals surface area (Å²) in [7, 11) is 0. The van der Waals surface area contributed by atoms with Crippen molar-refractivity contribution < 1.29 is 13.6 Å². The van der Waals surface area contributed by atoms with Crippen LogP contribution in [0.5, 0.6) is 0 Å². The first-order valence-electron chi connectivity index (χ1n) is 8.38. The van der Waals surface area contributed by atoms with Gasteiger partial charge >= 0.3 is 0 Å². The van der Waals surface area contributed by atoms with Gasteiger partial charge in [-0.3, -0.25) is 9.78 Å². The number of halogens is 2. The number of aromatic nitrogens is 3. The van der Waals surface area contributed by atoms with E-state index in [0.717, 1.165) is 22.6 Å². The number of benzene rings is 1. The maximum absolute atomic E-state index is 14.3.